The van der Waals surface area contributed by atoms with Crippen LogP contribution in [0, 0.1) is 0 Å². The van der Waals surface area contributed by atoms with Gasteiger partial charge in [0.2, 0.25) is 10.0 Å². The third-order valence-electron chi connectivity index (χ3n) is 4.22. The number of benzene rings is 1. The highest BCUT2D eigenvalue weighted by atomic mass is 32.2. The Hall–Kier alpha value is -2.35. The molecule has 1 amide bonds. The summed E-state index contributed by atoms with van der Waals surface area (Å²) in [6, 6.07) is 6.88. The topological polar surface area (TPSA) is 95.2 Å². The normalized spacial score (nSPS) is 14.5. The van der Waals surface area contributed by atoms with Gasteiger partial charge in [-0.2, -0.15) is 5.10 Å². The summed E-state index contributed by atoms with van der Waals surface area (Å²) in [6.45, 7) is 6.58. The van der Waals surface area contributed by atoms with Gasteiger partial charge in [-0.1, -0.05) is 20.8 Å². The van der Waals surface area contributed by atoms with Crippen LogP contribution in [0.3, 0.4) is 0 Å². The second kappa shape index (κ2) is 5.87. The lowest BCUT2D eigenvalue weighted by atomic mass is 9.92. The van der Waals surface area contributed by atoms with E-state index in [2.05, 4.69) is 36.3 Å². The quantitative estimate of drug-likeness (QED) is 0.876. The van der Waals surface area contributed by atoms with Gasteiger partial charge in [0.15, 0.2) is 5.82 Å². The smallest absolute Gasteiger partial charge is 0.256 e. The molecule has 1 aliphatic heterocycles. The molecule has 2 N–H and O–H groups in total. The molecule has 1 aromatic carbocycles. The molecule has 134 valence electrons. The van der Waals surface area contributed by atoms with Gasteiger partial charge in [-0.3, -0.25) is 14.2 Å². The average molecular weight is 362 g/mol. The molecule has 0 bridgehead atoms. The number of fused-ring (bicyclic) bond motifs is 1. The number of H-pyrrole nitrogens is 1. The number of amides is 1. The summed E-state index contributed by atoms with van der Waals surface area (Å²) < 4.78 is 24.9. The van der Waals surface area contributed by atoms with Gasteiger partial charge < -0.3 is 5.32 Å². The zero-order valence-corrected chi connectivity index (χ0v) is 15.6. The van der Waals surface area contributed by atoms with Crippen molar-refractivity contribution in [3.63, 3.8) is 0 Å². The second-order valence-electron chi connectivity index (χ2n) is 7.30. The maximum atomic E-state index is 12.5. The Morgan fingerprint density at radius 1 is 1.28 bits per heavy atom. The summed E-state index contributed by atoms with van der Waals surface area (Å²) in [5.74, 6) is 0.195. The molecule has 1 aliphatic rings. The van der Waals surface area contributed by atoms with Crippen LogP contribution < -0.4 is 9.62 Å². The average Bonchev–Trinajstić information content (AvgIpc) is 3.11. The first kappa shape index (κ1) is 17.5. The lowest BCUT2D eigenvalue weighted by Gasteiger charge is -2.16. The molecule has 0 radical (unpaired) electrons. The fraction of sp³-hybridized carbons (Fsp3) is 0.412. The SMILES string of the molecule is CC(C)(C)c1cc(NC(=O)c2ccc3c(c2)CCN3S(C)(=O)=O)n[nH]1. The minimum atomic E-state index is -3.29. The fourth-order valence-electron chi connectivity index (χ4n) is 2.82. The van der Waals surface area contributed by atoms with E-state index >= 15 is 0 Å². The summed E-state index contributed by atoms with van der Waals surface area (Å²) in [7, 11) is -3.29. The van der Waals surface area contributed by atoms with Gasteiger partial charge in [-0.25, -0.2) is 8.42 Å². The number of hydrogen-bond donors (Lipinski definition) is 2. The van der Waals surface area contributed by atoms with E-state index in [9.17, 15) is 13.2 Å². The van der Waals surface area contributed by atoms with E-state index in [-0.39, 0.29) is 11.3 Å². The van der Waals surface area contributed by atoms with Gasteiger partial charge in [0, 0.05) is 29.3 Å². The van der Waals surface area contributed by atoms with Crippen LogP contribution in [0.2, 0.25) is 0 Å². The van der Waals surface area contributed by atoms with Crippen molar-refractivity contribution in [1.82, 2.24) is 10.2 Å². The summed E-state index contributed by atoms with van der Waals surface area (Å²) in [5.41, 5.74) is 2.83. The molecule has 3 rings (SSSR count). The van der Waals surface area contributed by atoms with Crippen molar-refractivity contribution in [1.29, 1.82) is 0 Å². The van der Waals surface area contributed by atoms with Crippen LogP contribution in [0.1, 0.15) is 42.4 Å². The standard InChI is InChI=1S/C17H22N4O3S/c1-17(2,3)14-10-15(20-19-14)18-16(22)12-5-6-13-11(9-12)7-8-21(13)25(4,23)24/h5-6,9-10H,7-8H2,1-4H3,(H2,18,19,20,22). The summed E-state index contributed by atoms with van der Waals surface area (Å²) in [5, 5.41) is 9.82. The Bertz CT molecular complexity index is 926. The number of aromatic amines is 1. The number of nitrogens with zero attached hydrogens (tertiary/aromatic N) is 2. The molecule has 1 aromatic heterocycles. The number of carbonyl (C=O) groups excluding carboxylic acids is 1. The number of nitrogens with one attached hydrogen (secondary N) is 2. The summed E-state index contributed by atoms with van der Waals surface area (Å²) >= 11 is 0. The molecule has 25 heavy (non-hydrogen) atoms. The molecule has 0 unspecified atom stereocenters. The van der Waals surface area contributed by atoms with Crippen molar-refractivity contribution in [3.8, 4) is 0 Å². The molecule has 7 nitrogen and oxygen atoms in total. The van der Waals surface area contributed by atoms with Crippen molar-refractivity contribution in [2.24, 2.45) is 0 Å². The van der Waals surface area contributed by atoms with Gasteiger partial charge in [-0.15, -0.1) is 0 Å². The number of hydrogen-bond acceptors (Lipinski definition) is 4. The van der Waals surface area contributed by atoms with E-state index in [0.29, 0.717) is 30.0 Å². The third-order valence-corrected chi connectivity index (χ3v) is 5.40. The number of sulfonamides is 1. The van der Waals surface area contributed by atoms with Crippen molar-refractivity contribution in [3.05, 3.63) is 41.1 Å². The zero-order chi connectivity index (χ0) is 18.4. The van der Waals surface area contributed by atoms with Crippen LogP contribution in [0.4, 0.5) is 11.5 Å². The van der Waals surface area contributed by atoms with Crippen LogP contribution >= 0.6 is 0 Å². The van der Waals surface area contributed by atoms with Gasteiger partial charge in [0.1, 0.15) is 0 Å². The fourth-order valence-corrected chi connectivity index (χ4v) is 3.77. The largest absolute Gasteiger partial charge is 0.305 e. The maximum Gasteiger partial charge on any atom is 0.256 e. The van der Waals surface area contributed by atoms with E-state index in [4.69, 9.17) is 0 Å². The van der Waals surface area contributed by atoms with E-state index in [1.807, 2.05) is 6.07 Å². The van der Waals surface area contributed by atoms with Crippen molar-refractivity contribution >= 4 is 27.4 Å². The number of carbonyl (C=O) groups is 1. The Morgan fingerprint density at radius 2 is 2.00 bits per heavy atom. The number of rotatable bonds is 3. The van der Waals surface area contributed by atoms with Crippen LogP contribution in [0.5, 0.6) is 0 Å². The molecule has 2 heterocycles. The van der Waals surface area contributed by atoms with Crippen LogP contribution in [0.15, 0.2) is 24.3 Å². The Morgan fingerprint density at radius 3 is 2.60 bits per heavy atom. The van der Waals surface area contributed by atoms with Gasteiger partial charge in [0.25, 0.3) is 5.91 Å². The zero-order valence-electron chi connectivity index (χ0n) is 14.8. The van der Waals surface area contributed by atoms with Gasteiger partial charge in [0.05, 0.1) is 11.9 Å². The van der Waals surface area contributed by atoms with Crippen molar-refractivity contribution in [2.75, 3.05) is 22.4 Å². The molecule has 8 heteroatoms. The highest BCUT2D eigenvalue weighted by molar-refractivity contribution is 7.92. The minimum absolute atomic E-state index is 0.0847. The van der Waals surface area contributed by atoms with E-state index in [1.54, 1.807) is 18.2 Å². The Kier molecular flexibility index (Phi) is 4.10. The Labute approximate surface area is 147 Å². The molecule has 0 spiro atoms. The first-order valence-corrected chi connectivity index (χ1v) is 9.88. The van der Waals surface area contributed by atoms with E-state index in [1.165, 1.54) is 10.6 Å². The maximum absolute atomic E-state index is 12.5. The highest BCUT2D eigenvalue weighted by Crippen LogP contribution is 2.31. The molecular formula is C17H22N4O3S. The highest BCUT2D eigenvalue weighted by Gasteiger charge is 2.27. The number of aromatic nitrogens is 2. The van der Waals surface area contributed by atoms with Crippen LogP contribution in [-0.4, -0.2) is 37.3 Å². The Balaban J connectivity index is 1.79. The monoisotopic (exact) mass is 362 g/mol. The molecule has 0 fully saturated rings. The third kappa shape index (κ3) is 3.53. The van der Waals surface area contributed by atoms with Crippen LogP contribution in [0.25, 0.3) is 0 Å². The van der Waals surface area contributed by atoms with Crippen molar-refractivity contribution in [2.45, 2.75) is 32.6 Å². The summed E-state index contributed by atoms with van der Waals surface area (Å²) in [6.07, 6.45) is 1.78. The van der Waals surface area contributed by atoms with Crippen LogP contribution in [-0.2, 0) is 21.9 Å². The first-order chi connectivity index (χ1) is 11.6. The molecular weight excluding hydrogens is 340 g/mol. The van der Waals surface area contributed by atoms with Crippen molar-refractivity contribution < 1.29 is 13.2 Å². The minimum Gasteiger partial charge on any atom is -0.305 e. The van der Waals surface area contributed by atoms with E-state index < -0.39 is 10.0 Å². The molecule has 0 saturated carbocycles. The van der Waals surface area contributed by atoms with Gasteiger partial charge in [-0.05, 0) is 30.2 Å². The lowest BCUT2D eigenvalue weighted by Crippen LogP contribution is -2.27. The van der Waals surface area contributed by atoms with E-state index in [0.717, 1.165) is 11.3 Å². The second-order valence-corrected chi connectivity index (χ2v) is 9.21. The molecule has 0 aliphatic carbocycles. The lowest BCUT2D eigenvalue weighted by molar-refractivity contribution is 0.102. The molecule has 0 saturated heterocycles. The first-order valence-electron chi connectivity index (χ1n) is 8.03. The van der Waals surface area contributed by atoms with Gasteiger partial charge >= 0.3 is 0 Å². The predicted octanol–water partition coefficient (Wildman–Crippen LogP) is 2.28. The summed E-state index contributed by atoms with van der Waals surface area (Å²) in [4.78, 5) is 12.5. The predicted molar refractivity (Wildman–Crippen MR) is 97.6 cm³/mol. The number of anilines is 2. The molecule has 0 atom stereocenters. The molecule has 2 aromatic rings.